The number of rotatable bonds is 4. The third kappa shape index (κ3) is 2.58. The van der Waals surface area contributed by atoms with E-state index in [9.17, 15) is 0 Å². The van der Waals surface area contributed by atoms with E-state index in [1.54, 1.807) is 0 Å². The number of nitrogens with one attached hydrogen (secondary N) is 1. The quantitative estimate of drug-likeness (QED) is 0.791. The van der Waals surface area contributed by atoms with E-state index >= 15 is 0 Å². The Hall–Kier alpha value is -0.870. The van der Waals surface area contributed by atoms with Crippen LogP contribution in [-0.2, 0) is 18.2 Å². The molecule has 0 saturated carbocycles. The molecule has 2 heterocycles. The molecule has 1 fully saturated rings. The van der Waals surface area contributed by atoms with E-state index in [4.69, 9.17) is 4.74 Å². The first-order valence-corrected chi connectivity index (χ1v) is 5.56. The first-order chi connectivity index (χ1) is 7.27. The first kappa shape index (κ1) is 10.6. The van der Waals surface area contributed by atoms with E-state index in [0.29, 0.717) is 6.04 Å². The van der Waals surface area contributed by atoms with Crippen LogP contribution in [0.25, 0.3) is 0 Å². The molecule has 4 nitrogen and oxygen atoms in total. The predicted octanol–water partition coefficient (Wildman–Crippen LogP) is 0.650. The molecular formula is C11H19N3O. The van der Waals surface area contributed by atoms with Crippen LogP contribution in [0.4, 0.5) is 0 Å². The van der Waals surface area contributed by atoms with Crippen LogP contribution in [0.2, 0.25) is 0 Å². The Morgan fingerprint density at radius 2 is 2.53 bits per heavy atom. The highest BCUT2D eigenvalue weighted by Crippen LogP contribution is 2.07. The molecule has 0 aliphatic carbocycles. The number of hydrogen-bond donors (Lipinski definition) is 1. The number of aromatic nitrogens is 2. The maximum atomic E-state index is 5.31. The molecule has 0 amide bonds. The lowest BCUT2D eigenvalue weighted by Crippen LogP contribution is -2.30. The van der Waals surface area contributed by atoms with Crippen LogP contribution in [0.3, 0.4) is 0 Å². The second-order valence-electron chi connectivity index (χ2n) is 4.14. The maximum absolute atomic E-state index is 5.31. The third-order valence-corrected chi connectivity index (χ3v) is 3.09. The van der Waals surface area contributed by atoms with Gasteiger partial charge in [0.2, 0.25) is 0 Å². The van der Waals surface area contributed by atoms with Crippen molar-refractivity contribution in [1.29, 1.82) is 0 Å². The smallest absolute Gasteiger partial charge is 0.0620 e. The van der Waals surface area contributed by atoms with Crippen molar-refractivity contribution in [3.63, 3.8) is 0 Å². The van der Waals surface area contributed by atoms with Crippen molar-refractivity contribution in [2.45, 2.75) is 25.8 Å². The molecule has 1 saturated heterocycles. The standard InChI is InChI=1S/C11H19N3O/c1-9-10(7-13-14(9)2)3-5-12-11-4-6-15-8-11/h7,11-12H,3-6,8H2,1-2H3. The highest BCUT2D eigenvalue weighted by Gasteiger charge is 2.14. The molecule has 1 N–H and O–H groups in total. The summed E-state index contributed by atoms with van der Waals surface area (Å²) in [6, 6.07) is 0.557. The fourth-order valence-electron chi connectivity index (χ4n) is 1.90. The summed E-state index contributed by atoms with van der Waals surface area (Å²) in [5.74, 6) is 0. The molecule has 1 aromatic rings. The van der Waals surface area contributed by atoms with Crippen LogP contribution < -0.4 is 5.32 Å². The lowest BCUT2D eigenvalue weighted by Gasteiger charge is -2.09. The van der Waals surface area contributed by atoms with Gasteiger partial charge in [0.1, 0.15) is 0 Å². The molecule has 1 aliphatic rings. The predicted molar refractivity (Wildman–Crippen MR) is 58.9 cm³/mol. The summed E-state index contributed by atoms with van der Waals surface area (Å²) in [4.78, 5) is 0. The van der Waals surface area contributed by atoms with Crippen LogP contribution in [-0.4, -0.2) is 35.6 Å². The Balaban J connectivity index is 1.75. The topological polar surface area (TPSA) is 39.1 Å². The highest BCUT2D eigenvalue weighted by molar-refractivity contribution is 5.16. The van der Waals surface area contributed by atoms with Gasteiger partial charge in [-0.2, -0.15) is 5.10 Å². The zero-order valence-corrected chi connectivity index (χ0v) is 9.49. The van der Waals surface area contributed by atoms with Gasteiger partial charge in [-0.3, -0.25) is 4.68 Å². The molecule has 0 bridgehead atoms. The second kappa shape index (κ2) is 4.77. The van der Waals surface area contributed by atoms with Crippen molar-refractivity contribution in [3.05, 3.63) is 17.5 Å². The Labute approximate surface area is 90.6 Å². The van der Waals surface area contributed by atoms with E-state index in [1.165, 1.54) is 11.3 Å². The van der Waals surface area contributed by atoms with E-state index in [0.717, 1.165) is 32.6 Å². The molecule has 0 spiro atoms. The van der Waals surface area contributed by atoms with Gasteiger partial charge < -0.3 is 10.1 Å². The molecule has 84 valence electrons. The van der Waals surface area contributed by atoms with Gasteiger partial charge in [0.15, 0.2) is 0 Å². The molecule has 1 atom stereocenters. The first-order valence-electron chi connectivity index (χ1n) is 5.56. The Kier molecular flexibility index (Phi) is 3.38. The molecule has 1 aliphatic heterocycles. The van der Waals surface area contributed by atoms with Gasteiger partial charge >= 0.3 is 0 Å². The number of nitrogens with zero attached hydrogens (tertiary/aromatic N) is 2. The van der Waals surface area contributed by atoms with Crippen LogP contribution in [0.15, 0.2) is 6.20 Å². The Morgan fingerprint density at radius 3 is 3.13 bits per heavy atom. The van der Waals surface area contributed by atoms with Crippen molar-refractivity contribution < 1.29 is 4.74 Å². The maximum Gasteiger partial charge on any atom is 0.0620 e. The molecule has 0 radical (unpaired) electrons. The summed E-state index contributed by atoms with van der Waals surface area (Å²) in [6.07, 6.45) is 4.16. The van der Waals surface area contributed by atoms with E-state index in [2.05, 4.69) is 17.3 Å². The van der Waals surface area contributed by atoms with Crippen molar-refractivity contribution in [1.82, 2.24) is 15.1 Å². The minimum Gasteiger partial charge on any atom is -0.380 e. The molecule has 1 unspecified atom stereocenters. The van der Waals surface area contributed by atoms with Gasteiger partial charge in [0.25, 0.3) is 0 Å². The van der Waals surface area contributed by atoms with Gasteiger partial charge in [0.05, 0.1) is 12.8 Å². The highest BCUT2D eigenvalue weighted by atomic mass is 16.5. The summed E-state index contributed by atoms with van der Waals surface area (Å²) >= 11 is 0. The van der Waals surface area contributed by atoms with Crippen molar-refractivity contribution in [2.75, 3.05) is 19.8 Å². The van der Waals surface area contributed by atoms with Gasteiger partial charge in [-0.25, -0.2) is 0 Å². The Morgan fingerprint density at radius 1 is 1.67 bits per heavy atom. The summed E-state index contributed by atoms with van der Waals surface area (Å²) in [7, 11) is 1.98. The van der Waals surface area contributed by atoms with Crippen molar-refractivity contribution in [3.8, 4) is 0 Å². The van der Waals surface area contributed by atoms with Gasteiger partial charge in [0, 0.05) is 25.4 Å². The van der Waals surface area contributed by atoms with Gasteiger partial charge in [-0.1, -0.05) is 0 Å². The number of aryl methyl sites for hydroxylation is 1. The fourth-order valence-corrected chi connectivity index (χ4v) is 1.90. The number of ether oxygens (including phenoxy) is 1. The normalized spacial score (nSPS) is 21.1. The third-order valence-electron chi connectivity index (χ3n) is 3.09. The SMILES string of the molecule is Cc1c(CCNC2CCOC2)cnn1C. The van der Waals surface area contributed by atoms with Crippen LogP contribution in [0, 0.1) is 6.92 Å². The summed E-state index contributed by atoms with van der Waals surface area (Å²) in [5, 5.41) is 7.74. The summed E-state index contributed by atoms with van der Waals surface area (Å²) in [5.41, 5.74) is 2.60. The van der Waals surface area contributed by atoms with Gasteiger partial charge in [-0.15, -0.1) is 0 Å². The lowest BCUT2D eigenvalue weighted by molar-refractivity contribution is 0.190. The molecule has 15 heavy (non-hydrogen) atoms. The van der Waals surface area contributed by atoms with Crippen molar-refractivity contribution >= 4 is 0 Å². The zero-order chi connectivity index (χ0) is 10.7. The lowest BCUT2D eigenvalue weighted by atomic mass is 10.2. The van der Waals surface area contributed by atoms with E-state index < -0.39 is 0 Å². The van der Waals surface area contributed by atoms with Gasteiger partial charge in [-0.05, 0) is 31.9 Å². The average molecular weight is 209 g/mol. The van der Waals surface area contributed by atoms with Crippen molar-refractivity contribution in [2.24, 2.45) is 7.05 Å². The van der Waals surface area contributed by atoms with Crippen LogP contribution in [0.5, 0.6) is 0 Å². The minimum absolute atomic E-state index is 0.557. The molecular weight excluding hydrogens is 190 g/mol. The Bertz CT molecular complexity index is 316. The molecule has 1 aromatic heterocycles. The molecule has 2 rings (SSSR count). The number of hydrogen-bond acceptors (Lipinski definition) is 3. The monoisotopic (exact) mass is 209 g/mol. The molecule has 0 aromatic carbocycles. The zero-order valence-electron chi connectivity index (χ0n) is 9.49. The summed E-state index contributed by atoms with van der Waals surface area (Å²) < 4.78 is 7.23. The van der Waals surface area contributed by atoms with E-state index in [-0.39, 0.29) is 0 Å². The average Bonchev–Trinajstić information content (AvgIpc) is 2.83. The van der Waals surface area contributed by atoms with Crippen LogP contribution >= 0.6 is 0 Å². The largest absolute Gasteiger partial charge is 0.380 e. The minimum atomic E-state index is 0.557. The van der Waals surface area contributed by atoms with Crippen LogP contribution in [0.1, 0.15) is 17.7 Å². The van der Waals surface area contributed by atoms with E-state index in [1.807, 2.05) is 17.9 Å². The second-order valence-corrected chi connectivity index (χ2v) is 4.14. The fraction of sp³-hybridized carbons (Fsp3) is 0.727. The molecule has 4 heteroatoms. The summed E-state index contributed by atoms with van der Waals surface area (Å²) in [6.45, 7) is 4.90.